The molecule has 0 fully saturated rings. The quantitative estimate of drug-likeness (QED) is 0.783. The third-order valence-electron chi connectivity index (χ3n) is 2.82. The molecule has 4 nitrogen and oxygen atoms in total. The fourth-order valence-electron chi connectivity index (χ4n) is 1.65. The summed E-state index contributed by atoms with van der Waals surface area (Å²) in [6.45, 7) is 2.05. The predicted molar refractivity (Wildman–Crippen MR) is 73.7 cm³/mol. The van der Waals surface area contributed by atoms with E-state index in [1.807, 2.05) is 19.1 Å². The number of amides is 1. The van der Waals surface area contributed by atoms with Crippen LogP contribution in [0, 0.1) is 6.92 Å². The van der Waals surface area contributed by atoms with Crippen LogP contribution in [0.3, 0.4) is 0 Å². The van der Waals surface area contributed by atoms with E-state index in [4.69, 9.17) is 4.84 Å². The Bertz CT molecular complexity index is 470. The summed E-state index contributed by atoms with van der Waals surface area (Å²) < 4.78 is 0. The summed E-state index contributed by atoms with van der Waals surface area (Å²) in [5.74, 6) is 0.572. The molecule has 1 aromatic carbocycles. The van der Waals surface area contributed by atoms with Crippen molar-refractivity contribution in [3.05, 3.63) is 35.4 Å². The van der Waals surface area contributed by atoms with Gasteiger partial charge >= 0.3 is 0 Å². The molecule has 1 amide bonds. The average molecular weight is 264 g/mol. The van der Waals surface area contributed by atoms with E-state index in [2.05, 4.69) is 17.1 Å². The van der Waals surface area contributed by atoms with Gasteiger partial charge in [0, 0.05) is 18.4 Å². The Labute approximate surface area is 111 Å². The molecule has 1 aliphatic heterocycles. The lowest BCUT2D eigenvalue weighted by Gasteiger charge is -2.15. The van der Waals surface area contributed by atoms with Crippen LogP contribution in [-0.4, -0.2) is 42.0 Å². The van der Waals surface area contributed by atoms with Crippen LogP contribution in [0.4, 0.5) is 0 Å². The van der Waals surface area contributed by atoms with Gasteiger partial charge in [-0.05, 0) is 6.92 Å². The number of hydrogen-bond donors (Lipinski definition) is 0. The van der Waals surface area contributed by atoms with Crippen molar-refractivity contribution in [1.82, 2.24) is 5.06 Å². The number of hydroxylamine groups is 2. The minimum absolute atomic E-state index is 0.105. The molecule has 0 saturated heterocycles. The highest BCUT2D eigenvalue weighted by Crippen LogP contribution is 2.24. The van der Waals surface area contributed by atoms with Crippen molar-refractivity contribution in [3.8, 4) is 0 Å². The van der Waals surface area contributed by atoms with Crippen LogP contribution in [0.15, 0.2) is 29.3 Å². The first-order chi connectivity index (χ1) is 8.61. The van der Waals surface area contributed by atoms with E-state index >= 15 is 0 Å². The Morgan fingerprint density at radius 1 is 1.44 bits per heavy atom. The van der Waals surface area contributed by atoms with Gasteiger partial charge in [0.05, 0.1) is 12.2 Å². The van der Waals surface area contributed by atoms with E-state index in [9.17, 15) is 4.79 Å². The van der Waals surface area contributed by atoms with Crippen LogP contribution in [0.5, 0.6) is 0 Å². The number of likely N-dealkylation sites (N-methyl/N-ethyl adjacent to an activating group) is 1. The molecule has 96 valence electrons. The van der Waals surface area contributed by atoms with Crippen molar-refractivity contribution in [2.24, 2.45) is 4.99 Å². The highest BCUT2D eigenvalue weighted by molar-refractivity contribution is 8.14. The number of thioether (sulfide) groups is 1. The molecular weight excluding hydrogens is 248 g/mol. The molecule has 18 heavy (non-hydrogen) atoms. The third-order valence-corrected chi connectivity index (χ3v) is 3.92. The largest absolute Gasteiger partial charge is 0.274 e. The van der Waals surface area contributed by atoms with Crippen LogP contribution in [0.1, 0.15) is 11.1 Å². The summed E-state index contributed by atoms with van der Waals surface area (Å²) in [7, 11) is 3.08. The van der Waals surface area contributed by atoms with Crippen LogP contribution in [0.2, 0.25) is 0 Å². The Kier molecular flexibility index (Phi) is 4.04. The molecule has 1 aromatic rings. The van der Waals surface area contributed by atoms with E-state index in [-0.39, 0.29) is 11.9 Å². The number of carbonyl (C=O) groups excluding carboxylic acids is 1. The van der Waals surface area contributed by atoms with Crippen molar-refractivity contribution in [3.63, 3.8) is 0 Å². The Hall–Kier alpha value is -1.33. The molecule has 1 unspecified atom stereocenters. The van der Waals surface area contributed by atoms with Gasteiger partial charge in [-0.25, -0.2) is 5.06 Å². The van der Waals surface area contributed by atoms with Gasteiger partial charge in [-0.2, -0.15) is 0 Å². The second-order valence-corrected chi connectivity index (χ2v) is 5.15. The SMILES string of the molecule is CON(C)C(=O)C1CSC(c2ccc(C)cc2)=N1. The number of nitrogens with zero attached hydrogens (tertiary/aromatic N) is 2. The van der Waals surface area contributed by atoms with Gasteiger partial charge in [0.25, 0.3) is 5.91 Å². The second-order valence-electron chi connectivity index (χ2n) is 4.15. The normalized spacial score (nSPS) is 18.6. The van der Waals surface area contributed by atoms with Gasteiger partial charge in [0.1, 0.15) is 6.04 Å². The summed E-state index contributed by atoms with van der Waals surface area (Å²) in [5.41, 5.74) is 2.29. The number of aliphatic imine (C=N–C) groups is 1. The summed E-state index contributed by atoms with van der Waals surface area (Å²) >= 11 is 1.61. The van der Waals surface area contributed by atoms with Crippen molar-refractivity contribution >= 4 is 22.7 Å². The average Bonchev–Trinajstić information content (AvgIpc) is 2.87. The molecule has 5 heteroatoms. The van der Waals surface area contributed by atoms with Gasteiger partial charge in [-0.1, -0.05) is 29.8 Å². The zero-order valence-corrected chi connectivity index (χ0v) is 11.5. The number of rotatable bonds is 3. The van der Waals surface area contributed by atoms with Gasteiger partial charge in [-0.15, -0.1) is 11.8 Å². The van der Waals surface area contributed by atoms with Gasteiger partial charge in [-0.3, -0.25) is 14.6 Å². The number of benzene rings is 1. The molecule has 0 spiro atoms. The lowest BCUT2D eigenvalue weighted by Crippen LogP contribution is -2.34. The zero-order chi connectivity index (χ0) is 13.1. The molecule has 0 N–H and O–H groups in total. The maximum Gasteiger partial charge on any atom is 0.271 e. The highest BCUT2D eigenvalue weighted by Gasteiger charge is 2.28. The first-order valence-corrected chi connectivity index (χ1v) is 6.69. The number of hydrogen-bond acceptors (Lipinski definition) is 4. The number of carbonyl (C=O) groups is 1. The smallest absolute Gasteiger partial charge is 0.271 e. The number of aryl methyl sites for hydroxylation is 1. The third kappa shape index (κ3) is 2.73. The minimum atomic E-state index is -0.337. The van der Waals surface area contributed by atoms with E-state index in [1.54, 1.807) is 18.8 Å². The van der Waals surface area contributed by atoms with Gasteiger partial charge in [0.15, 0.2) is 0 Å². The zero-order valence-electron chi connectivity index (χ0n) is 10.7. The van der Waals surface area contributed by atoms with Crippen LogP contribution >= 0.6 is 11.8 Å². The molecule has 1 atom stereocenters. The maximum atomic E-state index is 11.9. The fraction of sp³-hybridized carbons (Fsp3) is 0.385. The Morgan fingerprint density at radius 3 is 2.72 bits per heavy atom. The molecule has 0 bridgehead atoms. The molecule has 2 rings (SSSR count). The van der Waals surface area contributed by atoms with Crippen molar-refractivity contribution < 1.29 is 9.63 Å². The maximum absolute atomic E-state index is 11.9. The second kappa shape index (κ2) is 5.54. The Balaban J connectivity index is 2.13. The first kappa shape index (κ1) is 13.1. The summed E-state index contributed by atoms with van der Waals surface area (Å²) in [5, 5.41) is 2.16. The minimum Gasteiger partial charge on any atom is -0.274 e. The van der Waals surface area contributed by atoms with Gasteiger partial charge < -0.3 is 0 Å². The van der Waals surface area contributed by atoms with E-state index in [0.29, 0.717) is 5.75 Å². The van der Waals surface area contributed by atoms with Crippen LogP contribution in [0.25, 0.3) is 0 Å². The van der Waals surface area contributed by atoms with Crippen LogP contribution in [-0.2, 0) is 9.63 Å². The summed E-state index contributed by atoms with van der Waals surface area (Å²) in [6.07, 6.45) is 0. The lowest BCUT2D eigenvalue weighted by atomic mass is 10.2. The van der Waals surface area contributed by atoms with E-state index < -0.39 is 0 Å². The molecular formula is C13H16N2O2S. The molecule has 0 radical (unpaired) electrons. The standard InChI is InChI=1S/C13H16N2O2S/c1-9-4-6-10(7-5-9)12-14-11(8-18-12)13(16)15(2)17-3/h4-7,11H,8H2,1-3H3. The summed E-state index contributed by atoms with van der Waals surface area (Å²) in [6, 6.07) is 7.84. The monoisotopic (exact) mass is 264 g/mol. The molecule has 1 heterocycles. The fourth-order valence-corrected chi connectivity index (χ4v) is 2.69. The molecule has 0 saturated carbocycles. The van der Waals surface area contributed by atoms with Crippen molar-refractivity contribution in [2.75, 3.05) is 19.9 Å². The molecule has 0 aromatic heterocycles. The van der Waals surface area contributed by atoms with E-state index in [1.165, 1.54) is 17.7 Å². The van der Waals surface area contributed by atoms with Crippen molar-refractivity contribution in [1.29, 1.82) is 0 Å². The van der Waals surface area contributed by atoms with Crippen molar-refractivity contribution in [2.45, 2.75) is 13.0 Å². The predicted octanol–water partition coefficient (Wildman–Crippen LogP) is 1.88. The molecule has 0 aliphatic carbocycles. The lowest BCUT2D eigenvalue weighted by molar-refractivity contribution is -0.169. The summed E-state index contributed by atoms with van der Waals surface area (Å²) in [4.78, 5) is 21.2. The van der Waals surface area contributed by atoms with Gasteiger partial charge in [0.2, 0.25) is 0 Å². The molecule has 1 aliphatic rings. The highest BCUT2D eigenvalue weighted by atomic mass is 32.2. The van der Waals surface area contributed by atoms with Crippen LogP contribution < -0.4 is 0 Å². The topological polar surface area (TPSA) is 41.9 Å². The Morgan fingerprint density at radius 2 is 2.11 bits per heavy atom. The first-order valence-electron chi connectivity index (χ1n) is 5.71. The van der Waals surface area contributed by atoms with E-state index in [0.717, 1.165) is 10.6 Å².